The van der Waals surface area contributed by atoms with E-state index in [0.29, 0.717) is 33.6 Å². The first-order valence-electron chi connectivity index (χ1n) is 8.39. The Bertz CT molecular complexity index is 1000. The number of fused-ring (bicyclic) bond motifs is 1. The monoisotopic (exact) mass is 404 g/mol. The van der Waals surface area contributed by atoms with Gasteiger partial charge in [-0.2, -0.15) is 4.98 Å². The van der Waals surface area contributed by atoms with E-state index >= 15 is 0 Å². The maximum atomic E-state index is 12.7. The molecule has 2 heterocycles. The molecule has 0 saturated carbocycles. The Morgan fingerprint density at radius 1 is 1.39 bits per heavy atom. The van der Waals surface area contributed by atoms with Crippen LogP contribution in [0.3, 0.4) is 0 Å². The molecule has 10 heteroatoms. The van der Waals surface area contributed by atoms with Crippen LogP contribution in [0.25, 0.3) is 0 Å². The molecule has 1 aliphatic rings. The van der Waals surface area contributed by atoms with E-state index in [-0.39, 0.29) is 24.5 Å². The van der Waals surface area contributed by atoms with E-state index in [1.807, 2.05) is 6.26 Å². The van der Waals surface area contributed by atoms with Crippen molar-refractivity contribution in [1.29, 1.82) is 0 Å². The van der Waals surface area contributed by atoms with Crippen LogP contribution >= 0.6 is 11.8 Å². The average Bonchev–Trinajstić information content (AvgIpc) is 2.68. The average molecular weight is 404 g/mol. The first kappa shape index (κ1) is 19.7. The number of benzene rings is 1. The van der Waals surface area contributed by atoms with Crippen molar-refractivity contribution < 1.29 is 19.1 Å². The molecule has 0 saturated heterocycles. The molecule has 1 aromatic carbocycles. The Labute approximate surface area is 165 Å². The minimum Gasteiger partial charge on any atom is -0.493 e. The molecule has 9 nitrogen and oxygen atoms in total. The summed E-state index contributed by atoms with van der Waals surface area (Å²) in [7, 11) is 3.21. The number of anilines is 1. The van der Waals surface area contributed by atoms with Crippen LogP contribution in [0.5, 0.6) is 11.5 Å². The molecule has 1 aliphatic heterocycles. The van der Waals surface area contributed by atoms with E-state index in [2.05, 4.69) is 10.3 Å². The first-order chi connectivity index (χ1) is 13.3. The van der Waals surface area contributed by atoms with Crippen LogP contribution in [0, 0.1) is 0 Å². The van der Waals surface area contributed by atoms with Crippen molar-refractivity contribution in [3.8, 4) is 11.5 Å². The fourth-order valence-electron chi connectivity index (χ4n) is 3.17. The van der Waals surface area contributed by atoms with Gasteiger partial charge >= 0.3 is 0 Å². The molecule has 0 spiro atoms. The Kier molecular flexibility index (Phi) is 5.59. The van der Waals surface area contributed by atoms with Crippen LogP contribution in [0.4, 0.5) is 5.82 Å². The minimum absolute atomic E-state index is 0.104. The van der Waals surface area contributed by atoms with E-state index in [4.69, 9.17) is 15.2 Å². The van der Waals surface area contributed by atoms with Gasteiger partial charge in [0.05, 0.1) is 12.7 Å². The molecule has 0 radical (unpaired) electrons. The standard InChI is InChI=1S/C18H20N4O5S/c1-22-16-15(17(25)21-18(22)28-3)10(7-14(24)20-16)9-4-5-11(12(6-9)26-2)27-8-13(19)23/h4-6,10H,7-8H2,1-3H3,(H2,19,23)(H,20,24)/t10-/m1/s1. The quantitative estimate of drug-likeness (QED) is 0.540. The number of primary amides is 1. The summed E-state index contributed by atoms with van der Waals surface area (Å²) in [5.74, 6) is -0.128. The molecule has 1 aromatic heterocycles. The van der Waals surface area contributed by atoms with Crippen molar-refractivity contribution in [2.45, 2.75) is 17.5 Å². The molecule has 3 N–H and O–H groups in total. The number of carbonyl (C=O) groups excluding carboxylic acids is 2. The lowest BCUT2D eigenvalue weighted by atomic mass is 9.86. The summed E-state index contributed by atoms with van der Waals surface area (Å²) in [5, 5.41) is 3.29. The highest BCUT2D eigenvalue weighted by molar-refractivity contribution is 7.98. The maximum Gasteiger partial charge on any atom is 0.279 e. The van der Waals surface area contributed by atoms with Crippen LogP contribution in [-0.4, -0.2) is 41.3 Å². The lowest BCUT2D eigenvalue weighted by Gasteiger charge is -2.27. The molecule has 1 atom stereocenters. The molecule has 0 unspecified atom stereocenters. The van der Waals surface area contributed by atoms with E-state index in [1.165, 1.54) is 18.9 Å². The zero-order valence-corrected chi connectivity index (χ0v) is 16.5. The Morgan fingerprint density at radius 2 is 2.14 bits per heavy atom. The number of ether oxygens (including phenoxy) is 2. The number of carbonyl (C=O) groups is 2. The lowest BCUT2D eigenvalue weighted by molar-refractivity contribution is -0.120. The summed E-state index contributed by atoms with van der Waals surface area (Å²) in [6.45, 7) is -0.285. The molecule has 2 aromatic rings. The number of aromatic nitrogens is 2. The van der Waals surface area contributed by atoms with Crippen molar-refractivity contribution in [2.24, 2.45) is 12.8 Å². The fraction of sp³-hybridized carbons (Fsp3) is 0.333. The zero-order chi connectivity index (χ0) is 20.4. The second-order valence-corrected chi connectivity index (χ2v) is 6.97. The van der Waals surface area contributed by atoms with E-state index in [1.54, 1.807) is 29.8 Å². The van der Waals surface area contributed by atoms with Crippen LogP contribution in [0.15, 0.2) is 28.2 Å². The minimum atomic E-state index is -0.608. The summed E-state index contributed by atoms with van der Waals surface area (Å²) < 4.78 is 12.4. The largest absolute Gasteiger partial charge is 0.493 e. The molecule has 2 amide bonds. The predicted octanol–water partition coefficient (Wildman–Crippen LogP) is 0.849. The number of methoxy groups -OCH3 is 1. The molecular formula is C18H20N4O5S. The van der Waals surface area contributed by atoms with Gasteiger partial charge < -0.3 is 25.1 Å². The third kappa shape index (κ3) is 3.68. The van der Waals surface area contributed by atoms with Gasteiger partial charge in [-0.3, -0.25) is 14.4 Å². The summed E-state index contributed by atoms with van der Waals surface area (Å²) in [6, 6.07) is 5.04. The van der Waals surface area contributed by atoms with Gasteiger partial charge in [0.2, 0.25) is 5.91 Å². The van der Waals surface area contributed by atoms with Gasteiger partial charge in [0.1, 0.15) is 5.82 Å². The van der Waals surface area contributed by atoms with Crippen molar-refractivity contribution in [2.75, 3.05) is 25.3 Å². The molecule has 28 heavy (non-hydrogen) atoms. The highest BCUT2D eigenvalue weighted by Gasteiger charge is 2.32. The van der Waals surface area contributed by atoms with Crippen molar-refractivity contribution in [3.63, 3.8) is 0 Å². The highest BCUT2D eigenvalue weighted by Crippen LogP contribution is 2.39. The molecular weight excluding hydrogens is 384 g/mol. The number of thioether (sulfide) groups is 1. The number of nitrogens with zero attached hydrogens (tertiary/aromatic N) is 2. The summed E-state index contributed by atoms with van der Waals surface area (Å²) in [5.41, 5.74) is 5.86. The summed E-state index contributed by atoms with van der Waals surface area (Å²) in [4.78, 5) is 40.1. The van der Waals surface area contributed by atoms with Gasteiger partial charge in [-0.25, -0.2) is 0 Å². The first-order valence-corrected chi connectivity index (χ1v) is 9.62. The van der Waals surface area contributed by atoms with Crippen LogP contribution in [0.1, 0.15) is 23.5 Å². The third-order valence-electron chi connectivity index (χ3n) is 4.44. The van der Waals surface area contributed by atoms with Gasteiger partial charge in [0, 0.05) is 19.4 Å². The Morgan fingerprint density at radius 3 is 2.79 bits per heavy atom. The zero-order valence-electron chi connectivity index (χ0n) is 15.6. The smallest absolute Gasteiger partial charge is 0.279 e. The third-order valence-corrected chi connectivity index (χ3v) is 5.17. The van der Waals surface area contributed by atoms with Gasteiger partial charge in [-0.1, -0.05) is 17.8 Å². The topological polar surface area (TPSA) is 126 Å². The van der Waals surface area contributed by atoms with Crippen LogP contribution in [0.2, 0.25) is 0 Å². The van der Waals surface area contributed by atoms with Crippen molar-refractivity contribution in [1.82, 2.24) is 9.55 Å². The Hall–Kier alpha value is -3.01. The molecule has 148 valence electrons. The van der Waals surface area contributed by atoms with Gasteiger partial charge in [-0.05, 0) is 24.0 Å². The summed E-state index contributed by atoms with van der Waals surface area (Å²) >= 11 is 1.32. The number of rotatable bonds is 6. The highest BCUT2D eigenvalue weighted by atomic mass is 32.2. The van der Waals surface area contributed by atoms with Crippen LogP contribution in [-0.2, 0) is 16.6 Å². The Balaban J connectivity index is 2.08. The van der Waals surface area contributed by atoms with E-state index < -0.39 is 11.8 Å². The van der Waals surface area contributed by atoms with Gasteiger partial charge in [-0.15, -0.1) is 0 Å². The maximum absolute atomic E-state index is 12.7. The van der Waals surface area contributed by atoms with Crippen molar-refractivity contribution >= 4 is 29.4 Å². The normalized spacial score (nSPS) is 15.5. The number of hydrogen-bond donors (Lipinski definition) is 2. The number of hydrogen-bond acceptors (Lipinski definition) is 7. The number of amides is 2. The van der Waals surface area contributed by atoms with Crippen LogP contribution < -0.4 is 26.1 Å². The molecule has 3 rings (SSSR count). The van der Waals surface area contributed by atoms with E-state index in [9.17, 15) is 14.4 Å². The molecule has 0 fully saturated rings. The lowest BCUT2D eigenvalue weighted by Crippen LogP contribution is -2.33. The number of nitrogens with two attached hydrogens (primary N) is 1. The van der Waals surface area contributed by atoms with Gasteiger partial charge in [0.25, 0.3) is 11.5 Å². The van der Waals surface area contributed by atoms with Crippen molar-refractivity contribution in [3.05, 3.63) is 39.7 Å². The molecule has 0 bridgehead atoms. The summed E-state index contributed by atoms with van der Waals surface area (Å²) in [6.07, 6.45) is 1.92. The SMILES string of the molecule is COc1cc([C@H]2CC(=O)Nc3c2c(=O)nc(SC)n3C)ccc1OCC(N)=O. The second-order valence-electron chi connectivity index (χ2n) is 6.20. The van der Waals surface area contributed by atoms with Gasteiger partial charge in [0.15, 0.2) is 23.3 Å². The number of nitrogens with one attached hydrogen (secondary N) is 1. The predicted molar refractivity (Wildman–Crippen MR) is 104 cm³/mol. The fourth-order valence-corrected chi connectivity index (χ4v) is 3.71. The second kappa shape index (κ2) is 7.93. The van der Waals surface area contributed by atoms with E-state index in [0.717, 1.165) is 0 Å². The molecule has 0 aliphatic carbocycles.